The Morgan fingerprint density at radius 3 is 2.39 bits per heavy atom. The summed E-state index contributed by atoms with van der Waals surface area (Å²) in [6.45, 7) is 2.19. The van der Waals surface area contributed by atoms with Crippen molar-refractivity contribution in [3.05, 3.63) is 0 Å². The molecule has 3 nitrogen and oxygen atoms in total. The fraction of sp³-hybridized carbons (Fsp3) is 0.933. The van der Waals surface area contributed by atoms with E-state index < -0.39 is 0 Å². The van der Waals surface area contributed by atoms with Crippen molar-refractivity contribution in [3.8, 4) is 0 Å². The van der Waals surface area contributed by atoms with E-state index in [0.717, 1.165) is 30.1 Å². The first kappa shape index (κ1) is 11.1. The van der Waals surface area contributed by atoms with E-state index in [0.29, 0.717) is 6.04 Å². The minimum atomic E-state index is 0.107. The average Bonchev–Trinajstić information content (AvgIpc) is 2.73. The van der Waals surface area contributed by atoms with E-state index in [1.54, 1.807) is 0 Å². The molecule has 0 aromatic carbocycles. The number of carbonyl (C=O) groups excluding carboxylic acids is 1. The second kappa shape index (κ2) is 3.64. The van der Waals surface area contributed by atoms with Crippen molar-refractivity contribution in [2.75, 3.05) is 0 Å². The zero-order valence-corrected chi connectivity index (χ0v) is 11.2. The molecule has 1 unspecified atom stereocenters. The molecule has 100 valence electrons. The van der Waals surface area contributed by atoms with E-state index in [-0.39, 0.29) is 11.6 Å². The first-order valence-corrected chi connectivity index (χ1v) is 7.81. The predicted octanol–water partition coefficient (Wildman–Crippen LogP) is 2.66. The molecule has 4 aliphatic carbocycles. The van der Waals surface area contributed by atoms with Gasteiger partial charge in [-0.15, -0.1) is 0 Å². The summed E-state index contributed by atoms with van der Waals surface area (Å²) < 4.78 is 0. The number of hydrogen-bond acceptors (Lipinski definition) is 1. The molecule has 5 atom stereocenters. The monoisotopic (exact) mass is 248 g/mol. The molecule has 0 spiro atoms. The smallest absolute Gasteiger partial charge is 0.315 e. The summed E-state index contributed by atoms with van der Waals surface area (Å²) in [4.78, 5) is 12.1. The van der Waals surface area contributed by atoms with Crippen LogP contribution < -0.4 is 10.6 Å². The van der Waals surface area contributed by atoms with Crippen LogP contribution in [-0.4, -0.2) is 17.6 Å². The first-order chi connectivity index (χ1) is 8.72. The number of rotatable bonds is 3. The molecule has 4 saturated carbocycles. The maximum absolute atomic E-state index is 12.1. The third kappa shape index (κ3) is 1.45. The van der Waals surface area contributed by atoms with Crippen LogP contribution in [0.25, 0.3) is 0 Å². The fourth-order valence-corrected chi connectivity index (χ4v) is 5.12. The lowest BCUT2D eigenvalue weighted by Gasteiger charge is -2.42. The van der Waals surface area contributed by atoms with Gasteiger partial charge in [0, 0.05) is 11.6 Å². The maximum Gasteiger partial charge on any atom is 0.315 e. The molecule has 2 bridgehead atoms. The van der Waals surface area contributed by atoms with Crippen LogP contribution in [0.2, 0.25) is 0 Å². The van der Waals surface area contributed by atoms with Crippen LogP contribution in [0.1, 0.15) is 51.9 Å². The number of amides is 2. The lowest BCUT2D eigenvalue weighted by molar-refractivity contribution is 0.171. The lowest BCUT2D eigenvalue weighted by atomic mass is 9.75. The molecule has 0 heterocycles. The van der Waals surface area contributed by atoms with E-state index in [2.05, 4.69) is 17.6 Å². The van der Waals surface area contributed by atoms with Crippen LogP contribution in [0, 0.1) is 23.7 Å². The molecule has 0 saturated heterocycles. The van der Waals surface area contributed by atoms with Gasteiger partial charge in [-0.25, -0.2) is 4.79 Å². The maximum atomic E-state index is 12.1. The van der Waals surface area contributed by atoms with Gasteiger partial charge in [0.05, 0.1) is 0 Å². The van der Waals surface area contributed by atoms with Gasteiger partial charge >= 0.3 is 6.03 Å². The van der Waals surface area contributed by atoms with Gasteiger partial charge in [0.25, 0.3) is 0 Å². The first-order valence-electron chi connectivity index (χ1n) is 7.81. The van der Waals surface area contributed by atoms with Crippen molar-refractivity contribution in [2.45, 2.75) is 63.5 Å². The Morgan fingerprint density at radius 2 is 1.89 bits per heavy atom. The minimum Gasteiger partial charge on any atom is -0.335 e. The van der Waals surface area contributed by atoms with Crippen LogP contribution in [-0.2, 0) is 0 Å². The Bertz CT molecular complexity index is 355. The van der Waals surface area contributed by atoms with Crippen molar-refractivity contribution < 1.29 is 4.79 Å². The molecular formula is C15H24N2O. The van der Waals surface area contributed by atoms with Gasteiger partial charge in [-0.2, -0.15) is 0 Å². The largest absolute Gasteiger partial charge is 0.335 e. The number of nitrogens with one attached hydrogen (secondary N) is 2. The third-order valence-corrected chi connectivity index (χ3v) is 6.40. The van der Waals surface area contributed by atoms with Gasteiger partial charge in [-0.3, -0.25) is 0 Å². The molecule has 2 amide bonds. The summed E-state index contributed by atoms with van der Waals surface area (Å²) in [5, 5.41) is 6.51. The summed E-state index contributed by atoms with van der Waals surface area (Å²) in [5.41, 5.74) is 0.132. The van der Waals surface area contributed by atoms with Gasteiger partial charge in [-0.05, 0) is 68.6 Å². The number of hydrogen-bond donors (Lipinski definition) is 2. The van der Waals surface area contributed by atoms with Gasteiger partial charge < -0.3 is 10.6 Å². The average molecular weight is 248 g/mol. The lowest BCUT2D eigenvalue weighted by Crippen LogP contribution is -2.56. The molecule has 18 heavy (non-hydrogen) atoms. The molecule has 0 aliphatic heterocycles. The van der Waals surface area contributed by atoms with Crippen molar-refractivity contribution in [1.29, 1.82) is 0 Å². The minimum absolute atomic E-state index is 0.107. The predicted molar refractivity (Wildman–Crippen MR) is 70.1 cm³/mol. The number of urea groups is 1. The highest BCUT2D eigenvalue weighted by molar-refractivity contribution is 5.76. The molecule has 0 aromatic rings. The van der Waals surface area contributed by atoms with Crippen molar-refractivity contribution in [2.24, 2.45) is 23.7 Å². The Labute approximate surface area is 109 Å². The second-order valence-electron chi connectivity index (χ2n) is 7.10. The molecular weight excluding hydrogens is 224 g/mol. The highest BCUT2D eigenvalue weighted by Crippen LogP contribution is 2.65. The molecule has 3 heteroatoms. The van der Waals surface area contributed by atoms with Gasteiger partial charge in [0.15, 0.2) is 0 Å². The zero-order valence-electron chi connectivity index (χ0n) is 11.2. The highest BCUT2D eigenvalue weighted by Gasteiger charge is 2.65. The second-order valence-corrected chi connectivity index (χ2v) is 7.10. The van der Waals surface area contributed by atoms with E-state index in [4.69, 9.17) is 0 Å². The van der Waals surface area contributed by atoms with Crippen LogP contribution in [0.5, 0.6) is 0 Å². The van der Waals surface area contributed by atoms with Crippen molar-refractivity contribution in [3.63, 3.8) is 0 Å². The molecule has 4 fully saturated rings. The summed E-state index contributed by atoms with van der Waals surface area (Å²) >= 11 is 0. The molecule has 4 rings (SSSR count). The Morgan fingerprint density at radius 1 is 1.22 bits per heavy atom. The highest BCUT2D eigenvalue weighted by atomic mass is 16.2. The Kier molecular flexibility index (Phi) is 2.25. The van der Waals surface area contributed by atoms with E-state index in [1.807, 2.05) is 0 Å². The van der Waals surface area contributed by atoms with E-state index in [9.17, 15) is 4.79 Å². The number of carbonyl (C=O) groups is 1. The molecule has 0 radical (unpaired) electrons. The van der Waals surface area contributed by atoms with E-state index in [1.165, 1.54) is 38.5 Å². The molecule has 0 aromatic heterocycles. The fourth-order valence-electron chi connectivity index (χ4n) is 5.12. The summed E-state index contributed by atoms with van der Waals surface area (Å²) in [6.07, 6.45) is 8.97. The van der Waals surface area contributed by atoms with Crippen LogP contribution in [0.3, 0.4) is 0 Å². The van der Waals surface area contributed by atoms with Gasteiger partial charge in [-0.1, -0.05) is 6.92 Å². The zero-order chi connectivity index (χ0) is 12.3. The Balaban J connectivity index is 1.32. The topological polar surface area (TPSA) is 41.1 Å². The summed E-state index contributed by atoms with van der Waals surface area (Å²) in [7, 11) is 0. The summed E-state index contributed by atoms with van der Waals surface area (Å²) in [6, 6.07) is 0.626. The third-order valence-electron chi connectivity index (χ3n) is 6.40. The van der Waals surface area contributed by atoms with Crippen LogP contribution in [0.15, 0.2) is 0 Å². The Hall–Kier alpha value is -0.730. The van der Waals surface area contributed by atoms with Crippen molar-refractivity contribution in [1.82, 2.24) is 10.6 Å². The van der Waals surface area contributed by atoms with Gasteiger partial charge in [0.2, 0.25) is 0 Å². The van der Waals surface area contributed by atoms with Crippen LogP contribution >= 0.6 is 0 Å². The van der Waals surface area contributed by atoms with E-state index >= 15 is 0 Å². The summed E-state index contributed by atoms with van der Waals surface area (Å²) in [5.74, 6) is 3.56. The molecule has 4 aliphatic rings. The number of fused-ring (bicyclic) bond motifs is 5. The SMILES string of the molecule is CCC1(NC(=O)NC2[C@@H]3[C@H]4CC[C@@H](C4)[C@H]23)CCC1. The van der Waals surface area contributed by atoms with Crippen molar-refractivity contribution >= 4 is 6.03 Å². The normalized spacial score (nSPS) is 46.2. The quantitative estimate of drug-likeness (QED) is 0.792. The van der Waals surface area contributed by atoms with Gasteiger partial charge in [0.1, 0.15) is 0 Å². The standard InChI is InChI=1S/C15H24N2O/c1-2-15(6-3-7-15)17-14(18)16-13-11-9-4-5-10(8-9)12(11)13/h9-13H,2-8H2,1H3,(H2,16,17,18)/t9-,10-,11-,12+,13?/m0/s1. The van der Waals surface area contributed by atoms with Crippen LogP contribution in [0.4, 0.5) is 4.79 Å². The molecule has 2 N–H and O–H groups in total.